The van der Waals surface area contributed by atoms with Crippen LogP contribution in [-0.2, 0) is 13.6 Å². The van der Waals surface area contributed by atoms with Gasteiger partial charge in [0.05, 0.1) is 17.5 Å². The average Bonchev–Trinajstić information content (AvgIpc) is 3.13. The summed E-state index contributed by atoms with van der Waals surface area (Å²) in [6.45, 7) is 7.35. The molecule has 0 spiro atoms. The lowest BCUT2D eigenvalue weighted by Crippen LogP contribution is -2.29. The third kappa shape index (κ3) is 6.33. The first kappa shape index (κ1) is 25.2. The number of aliphatic hydroxyl groups is 1. The summed E-state index contributed by atoms with van der Waals surface area (Å²) in [7, 11) is 3.71. The van der Waals surface area contributed by atoms with Crippen molar-refractivity contribution in [3.63, 3.8) is 0 Å². The van der Waals surface area contributed by atoms with Gasteiger partial charge in [0.15, 0.2) is 0 Å². The summed E-state index contributed by atoms with van der Waals surface area (Å²) >= 11 is 0. The predicted molar refractivity (Wildman–Crippen MR) is 137 cm³/mol. The van der Waals surface area contributed by atoms with Gasteiger partial charge >= 0.3 is 0 Å². The number of aryl methyl sites for hydroxylation is 1. The Bertz CT molecular complexity index is 1110. The molecule has 9 nitrogen and oxygen atoms in total. The van der Waals surface area contributed by atoms with Crippen molar-refractivity contribution in [3.8, 4) is 17.0 Å². The number of anilines is 2. The van der Waals surface area contributed by atoms with Crippen LogP contribution in [0.25, 0.3) is 11.3 Å². The topological polar surface area (TPSA) is 120 Å². The van der Waals surface area contributed by atoms with Gasteiger partial charge in [-0.3, -0.25) is 4.68 Å². The smallest absolute Gasteiger partial charge is 0.137 e. The number of hydrogen-bond acceptors (Lipinski definition) is 8. The molecular weight excluding hydrogens is 430 g/mol. The number of ether oxygens (including phenoxy) is 1. The Morgan fingerprint density at radius 1 is 1.26 bits per heavy atom. The normalized spacial score (nSPS) is 12.0. The summed E-state index contributed by atoms with van der Waals surface area (Å²) in [5.74, 6) is 1.30. The number of hydrogen-bond donors (Lipinski definition) is 5. The molecule has 0 radical (unpaired) electrons. The molecule has 3 aromatic rings. The Labute approximate surface area is 201 Å². The van der Waals surface area contributed by atoms with E-state index in [0.717, 1.165) is 28.2 Å². The monoisotopic (exact) mass is 465 g/mol. The van der Waals surface area contributed by atoms with Gasteiger partial charge in [0, 0.05) is 54.9 Å². The number of benzene rings is 1. The van der Waals surface area contributed by atoms with Crippen molar-refractivity contribution in [3.05, 3.63) is 53.3 Å². The summed E-state index contributed by atoms with van der Waals surface area (Å²) < 4.78 is 7.62. The van der Waals surface area contributed by atoms with Crippen molar-refractivity contribution in [2.45, 2.75) is 39.5 Å². The number of rotatable bonds is 12. The van der Waals surface area contributed by atoms with Gasteiger partial charge in [-0.05, 0) is 46.0 Å². The van der Waals surface area contributed by atoms with Crippen molar-refractivity contribution in [1.29, 1.82) is 5.41 Å². The van der Waals surface area contributed by atoms with E-state index in [4.69, 9.17) is 15.1 Å². The van der Waals surface area contributed by atoms with Gasteiger partial charge in [-0.15, -0.1) is 0 Å². The quantitative estimate of drug-likeness (QED) is 0.261. The molecule has 0 aliphatic carbocycles. The molecule has 1 atom stereocenters. The minimum Gasteiger partial charge on any atom is -0.491 e. The Kier molecular flexibility index (Phi) is 8.61. The number of aliphatic hydroxyl groups excluding tert-OH is 1. The molecule has 0 saturated carbocycles. The summed E-state index contributed by atoms with van der Waals surface area (Å²) in [4.78, 5) is 4.82. The minimum atomic E-state index is -0.591. The third-order valence-corrected chi connectivity index (χ3v) is 5.45. The van der Waals surface area contributed by atoms with E-state index in [1.807, 2.05) is 69.0 Å². The van der Waals surface area contributed by atoms with Crippen LogP contribution < -0.4 is 20.7 Å². The molecule has 1 unspecified atom stereocenters. The van der Waals surface area contributed by atoms with Crippen molar-refractivity contribution < 1.29 is 9.84 Å². The summed E-state index contributed by atoms with van der Waals surface area (Å²) in [6, 6.07) is 9.75. The summed E-state index contributed by atoms with van der Waals surface area (Å²) in [6.07, 6.45) is 2.58. The second-order valence-corrected chi connectivity index (χ2v) is 8.54. The molecule has 5 N–H and O–H groups in total. The second kappa shape index (κ2) is 11.6. The molecular formula is C25H35N7O2. The zero-order valence-corrected chi connectivity index (χ0v) is 20.5. The predicted octanol–water partition coefficient (Wildman–Crippen LogP) is 3.18. The van der Waals surface area contributed by atoms with Gasteiger partial charge < -0.3 is 31.2 Å². The number of aromatic nitrogens is 3. The van der Waals surface area contributed by atoms with Crippen LogP contribution in [0.3, 0.4) is 0 Å². The first-order chi connectivity index (χ1) is 16.3. The second-order valence-electron chi connectivity index (χ2n) is 8.54. The fourth-order valence-corrected chi connectivity index (χ4v) is 3.52. The molecule has 0 amide bonds. The van der Waals surface area contributed by atoms with Crippen LogP contribution in [0, 0.1) is 12.3 Å². The molecule has 3 rings (SSSR count). The van der Waals surface area contributed by atoms with Crippen molar-refractivity contribution >= 4 is 17.7 Å². The summed E-state index contributed by atoms with van der Waals surface area (Å²) in [5.41, 5.74) is 5.31. The average molecular weight is 466 g/mol. The number of likely N-dealkylation sites (N-methyl/N-ethyl adjacent to an activating group) is 1. The van der Waals surface area contributed by atoms with E-state index in [1.165, 1.54) is 6.21 Å². The largest absolute Gasteiger partial charge is 0.491 e. The van der Waals surface area contributed by atoms with Crippen LogP contribution >= 0.6 is 0 Å². The molecule has 9 heteroatoms. The molecule has 2 aromatic heterocycles. The Hall–Kier alpha value is -3.43. The SMILES string of the molecule is CNCC(O)COc1cccc(-c2cc(NCc3cnn(C)c3C)c(C=N)c(NC(C)C)n2)c1. The molecule has 2 heterocycles. The molecule has 0 aliphatic rings. The van der Waals surface area contributed by atoms with E-state index < -0.39 is 6.10 Å². The minimum absolute atomic E-state index is 0.151. The maximum absolute atomic E-state index is 9.94. The van der Waals surface area contributed by atoms with E-state index >= 15 is 0 Å². The zero-order chi connectivity index (χ0) is 24.7. The number of nitrogens with zero attached hydrogens (tertiary/aromatic N) is 3. The lowest BCUT2D eigenvalue weighted by atomic mass is 10.1. The highest BCUT2D eigenvalue weighted by molar-refractivity contribution is 5.93. The van der Waals surface area contributed by atoms with Crippen LogP contribution in [0.1, 0.15) is 30.7 Å². The molecule has 34 heavy (non-hydrogen) atoms. The molecule has 0 saturated heterocycles. The first-order valence-electron chi connectivity index (χ1n) is 11.4. The fraction of sp³-hybridized carbons (Fsp3) is 0.400. The first-order valence-corrected chi connectivity index (χ1v) is 11.4. The van der Waals surface area contributed by atoms with E-state index in [-0.39, 0.29) is 12.6 Å². The molecule has 1 aromatic carbocycles. The molecule has 0 aliphatic heterocycles. The number of pyridine rings is 1. The van der Waals surface area contributed by atoms with Crippen LogP contribution in [-0.4, -0.2) is 58.4 Å². The van der Waals surface area contributed by atoms with Crippen molar-refractivity contribution in [2.75, 3.05) is 30.8 Å². The fourth-order valence-electron chi connectivity index (χ4n) is 3.52. The molecule has 0 bridgehead atoms. The number of nitrogens with one attached hydrogen (secondary N) is 4. The highest BCUT2D eigenvalue weighted by Gasteiger charge is 2.15. The van der Waals surface area contributed by atoms with Crippen molar-refractivity contribution in [2.24, 2.45) is 7.05 Å². The van der Waals surface area contributed by atoms with Gasteiger partial charge in [-0.25, -0.2) is 4.98 Å². The Morgan fingerprint density at radius 3 is 2.71 bits per heavy atom. The Morgan fingerprint density at radius 2 is 2.06 bits per heavy atom. The Balaban J connectivity index is 1.93. The van der Waals surface area contributed by atoms with E-state index in [2.05, 4.69) is 21.0 Å². The van der Waals surface area contributed by atoms with Crippen LogP contribution in [0.4, 0.5) is 11.5 Å². The van der Waals surface area contributed by atoms with Crippen LogP contribution in [0.2, 0.25) is 0 Å². The van der Waals surface area contributed by atoms with E-state index in [0.29, 0.717) is 30.2 Å². The maximum atomic E-state index is 9.94. The van der Waals surface area contributed by atoms with Crippen molar-refractivity contribution in [1.82, 2.24) is 20.1 Å². The van der Waals surface area contributed by atoms with E-state index in [1.54, 1.807) is 7.05 Å². The lowest BCUT2D eigenvalue weighted by Gasteiger charge is -2.18. The van der Waals surface area contributed by atoms with Crippen LogP contribution in [0.5, 0.6) is 5.75 Å². The zero-order valence-electron chi connectivity index (χ0n) is 20.5. The summed E-state index contributed by atoms with van der Waals surface area (Å²) in [5, 5.41) is 32.1. The van der Waals surface area contributed by atoms with Gasteiger partial charge in [-0.1, -0.05) is 12.1 Å². The molecule has 182 valence electrons. The third-order valence-electron chi connectivity index (χ3n) is 5.45. The van der Waals surface area contributed by atoms with Gasteiger partial charge in [0.2, 0.25) is 0 Å². The van der Waals surface area contributed by atoms with Gasteiger partial charge in [0.1, 0.15) is 24.3 Å². The maximum Gasteiger partial charge on any atom is 0.137 e. The van der Waals surface area contributed by atoms with Gasteiger partial charge in [0.25, 0.3) is 0 Å². The van der Waals surface area contributed by atoms with Crippen LogP contribution in [0.15, 0.2) is 36.5 Å². The van der Waals surface area contributed by atoms with Gasteiger partial charge in [-0.2, -0.15) is 5.10 Å². The van der Waals surface area contributed by atoms with E-state index in [9.17, 15) is 5.11 Å². The lowest BCUT2D eigenvalue weighted by molar-refractivity contribution is 0.108. The highest BCUT2D eigenvalue weighted by Crippen LogP contribution is 2.31. The highest BCUT2D eigenvalue weighted by atomic mass is 16.5. The standard InChI is InChI=1S/C25H35N7O2/c1-16(2)30-25-22(11-26)24(28-12-19-13-29-32(5)17(19)3)10-23(31-25)18-7-6-8-21(9-18)34-15-20(33)14-27-4/h6-11,13,16,20,26-27,33H,12,14-15H2,1-5H3,(H2,28,30,31). The molecule has 0 fully saturated rings.